The van der Waals surface area contributed by atoms with Crippen LogP contribution in [0.2, 0.25) is 0 Å². The molecule has 3 aromatic rings. The molecule has 5 nitrogen and oxygen atoms in total. The number of hydrogen-bond donors (Lipinski definition) is 1. The van der Waals surface area contributed by atoms with Crippen molar-refractivity contribution >= 4 is 24.5 Å². The zero-order valence-corrected chi connectivity index (χ0v) is 19.2. The monoisotopic (exact) mass is 462 g/mol. The number of Topliss-reactive ketones (excluding diaryl/α,β-unsaturated/α-hetero) is 1. The minimum Gasteiger partial charge on any atom is -0.297 e. The highest BCUT2D eigenvalue weighted by atomic mass is 32.1. The Labute approximate surface area is 198 Å². The first-order valence-electron chi connectivity index (χ1n) is 11.4. The summed E-state index contributed by atoms with van der Waals surface area (Å²) >= 11 is 4.80. The molecule has 33 heavy (non-hydrogen) atoms. The number of rotatable bonds is 7. The average molecular weight is 463 g/mol. The van der Waals surface area contributed by atoms with Gasteiger partial charge in [0, 0.05) is 42.2 Å². The molecule has 7 heteroatoms. The van der Waals surface area contributed by atoms with Gasteiger partial charge in [-0.25, -0.2) is 4.39 Å². The first kappa shape index (κ1) is 22.0. The summed E-state index contributed by atoms with van der Waals surface area (Å²) in [6.45, 7) is 1.88. The molecule has 0 amide bonds. The van der Waals surface area contributed by atoms with Crippen molar-refractivity contribution in [2.45, 2.75) is 37.1 Å². The Hall–Kier alpha value is -2.77. The average Bonchev–Trinajstić information content (AvgIpc) is 3.59. The molecule has 3 heterocycles. The second-order valence-corrected chi connectivity index (χ2v) is 9.48. The largest absolute Gasteiger partial charge is 0.297 e. The number of pyridine rings is 1. The van der Waals surface area contributed by atoms with Crippen LogP contribution in [0, 0.1) is 11.7 Å². The van der Waals surface area contributed by atoms with Crippen molar-refractivity contribution in [3.63, 3.8) is 0 Å². The number of carbonyl (C=O) groups is 1. The number of ketones is 1. The molecule has 1 aliphatic heterocycles. The van der Waals surface area contributed by atoms with E-state index in [9.17, 15) is 9.18 Å². The van der Waals surface area contributed by atoms with Crippen LogP contribution < -0.4 is 0 Å². The maximum absolute atomic E-state index is 14.7. The number of halogens is 1. The van der Waals surface area contributed by atoms with Crippen molar-refractivity contribution in [3.8, 4) is 0 Å². The van der Waals surface area contributed by atoms with Gasteiger partial charge < -0.3 is 0 Å². The van der Waals surface area contributed by atoms with Gasteiger partial charge in [0.05, 0.1) is 24.0 Å². The third kappa shape index (κ3) is 5.09. The standard InChI is InChI=1S/C26H27FN4OS/c27-23-7-2-1-6-22(23)25(26(32)18-8-9-18)30-13-11-24(33)19(16-30)15-20-10-14-31(29-20)17-21-5-3-4-12-28-21/h1-7,10,12,14-15,18,24-25,33H,8-9,11,13,16-17H2/b19-15+. The Bertz CT molecular complexity index is 1160. The predicted molar refractivity (Wildman–Crippen MR) is 129 cm³/mol. The molecule has 1 saturated heterocycles. The zero-order chi connectivity index (χ0) is 22.8. The predicted octanol–water partition coefficient (Wildman–Crippen LogP) is 4.57. The summed E-state index contributed by atoms with van der Waals surface area (Å²) in [5.74, 6) is -0.127. The lowest BCUT2D eigenvalue weighted by atomic mass is 9.93. The Morgan fingerprint density at radius 1 is 1.15 bits per heavy atom. The van der Waals surface area contributed by atoms with E-state index < -0.39 is 6.04 Å². The first-order valence-corrected chi connectivity index (χ1v) is 11.9. The molecule has 2 aromatic heterocycles. The Morgan fingerprint density at radius 2 is 1.97 bits per heavy atom. The van der Waals surface area contributed by atoms with Crippen LogP contribution in [0.4, 0.5) is 4.39 Å². The molecular formula is C26H27FN4OS. The number of thiol groups is 1. The van der Waals surface area contributed by atoms with Crippen LogP contribution in [0.1, 0.15) is 42.3 Å². The summed E-state index contributed by atoms with van der Waals surface area (Å²) in [7, 11) is 0. The van der Waals surface area contributed by atoms with Gasteiger partial charge >= 0.3 is 0 Å². The summed E-state index contributed by atoms with van der Waals surface area (Å²) < 4.78 is 16.6. The fourth-order valence-corrected chi connectivity index (χ4v) is 4.73. The molecule has 1 aliphatic carbocycles. The number of likely N-dealkylation sites (tertiary alicyclic amines) is 1. The van der Waals surface area contributed by atoms with Crippen molar-refractivity contribution in [3.05, 3.63) is 89.3 Å². The van der Waals surface area contributed by atoms with Crippen LogP contribution in [-0.2, 0) is 11.3 Å². The maximum atomic E-state index is 14.7. The van der Waals surface area contributed by atoms with E-state index in [1.165, 1.54) is 6.07 Å². The van der Waals surface area contributed by atoms with Crippen molar-refractivity contribution < 1.29 is 9.18 Å². The highest BCUT2D eigenvalue weighted by molar-refractivity contribution is 7.81. The minimum absolute atomic E-state index is 0.0538. The number of hydrogen-bond acceptors (Lipinski definition) is 5. The summed E-state index contributed by atoms with van der Waals surface area (Å²) in [5, 5.41) is 4.75. The second-order valence-electron chi connectivity index (χ2n) is 8.85. The lowest BCUT2D eigenvalue weighted by Crippen LogP contribution is -2.42. The molecule has 2 atom stereocenters. The van der Waals surface area contributed by atoms with Gasteiger partial charge in [-0.15, -0.1) is 0 Å². The van der Waals surface area contributed by atoms with Crippen LogP contribution in [-0.4, -0.2) is 43.8 Å². The highest BCUT2D eigenvalue weighted by Gasteiger charge is 2.40. The molecule has 0 N–H and O–H groups in total. The van der Waals surface area contributed by atoms with Gasteiger partial charge in [-0.05, 0) is 55.2 Å². The number of piperidine rings is 1. The van der Waals surface area contributed by atoms with Gasteiger partial charge in [-0.2, -0.15) is 17.7 Å². The maximum Gasteiger partial charge on any atom is 0.157 e. The van der Waals surface area contributed by atoms with Gasteiger partial charge in [0.15, 0.2) is 5.78 Å². The Kier molecular flexibility index (Phi) is 6.42. The van der Waals surface area contributed by atoms with Crippen molar-refractivity contribution in [1.82, 2.24) is 19.7 Å². The number of aromatic nitrogens is 3. The van der Waals surface area contributed by atoms with E-state index in [0.29, 0.717) is 25.2 Å². The van der Waals surface area contributed by atoms with Gasteiger partial charge in [-0.1, -0.05) is 24.3 Å². The van der Waals surface area contributed by atoms with Crippen molar-refractivity contribution in [2.75, 3.05) is 13.1 Å². The molecule has 5 rings (SSSR count). The van der Waals surface area contributed by atoms with E-state index in [1.807, 2.05) is 41.2 Å². The molecule has 170 valence electrons. The van der Waals surface area contributed by atoms with Crippen LogP contribution >= 0.6 is 12.6 Å². The fourth-order valence-electron chi connectivity index (χ4n) is 4.46. The van der Waals surface area contributed by atoms with Gasteiger partial charge in [-0.3, -0.25) is 19.4 Å². The third-order valence-electron chi connectivity index (χ3n) is 6.36. The number of benzene rings is 1. The summed E-state index contributed by atoms with van der Waals surface area (Å²) in [6.07, 6.45) is 8.38. The Balaban J connectivity index is 1.37. The number of carbonyl (C=O) groups excluding carboxylic acids is 1. The lowest BCUT2D eigenvalue weighted by Gasteiger charge is -2.37. The fraction of sp³-hybridized carbons (Fsp3) is 0.346. The Morgan fingerprint density at radius 3 is 2.73 bits per heavy atom. The van der Waals surface area contributed by atoms with Crippen LogP contribution in [0.3, 0.4) is 0 Å². The van der Waals surface area contributed by atoms with E-state index in [1.54, 1.807) is 18.3 Å². The molecule has 1 saturated carbocycles. The smallest absolute Gasteiger partial charge is 0.157 e. The summed E-state index contributed by atoms with van der Waals surface area (Å²) in [4.78, 5) is 19.7. The molecule has 0 spiro atoms. The van der Waals surface area contributed by atoms with E-state index in [4.69, 9.17) is 12.6 Å². The molecule has 2 unspecified atom stereocenters. The normalized spacial score (nSPS) is 21.3. The van der Waals surface area contributed by atoms with E-state index >= 15 is 0 Å². The summed E-state index contributed by atoms with van der Waals surface area (Å²) in [5.41, 5.74) is 3.36. The zero-order valence-electron chi connectivity index (χ0n) is 18.3. The SMILES string of the molecule is O=C(C1CC1)C(c1ccccc1F)N1CCC(S)/C(=C/c2ccn(Cc3ccccn3)n2)C1. The number of nitrogens with zero attached hydrogens (tertiary/aromatic N) is 4. The molecule has 0 radical (unpaired) electrons. The minimum atomic E-state index is -0.551. The van der Waals surface area contributed by atoms with Crippen LogP contribution in [0.5, 0.6) is 0 Å². The highest BCUT2D eigenvalue weighted by Crippen LogP contribution is 2.39. The third-order valence-corrected chi connectivity index (χ3v) is 6.95. The lowest BCUT2D eigenvalue weighted by molar-refractivity contribution is -0.126. The molecular weight excluding hydrogens is 435 g/mol. The molecule has 2 aliphatic rings. The van der Waals surface area contributed by atoms with Gasteiger partial charge in [0.1, 0.15) is 5.82 Å². The van der Waals surface area contributed by atoms with Crippen molar-refractivity contribution in [1.29, 1.82) is 0 Å². The molecule has 1 aromatic carbocycles. The van der Waals surface area contributed by atoms with Gasteiger partial charge in [0.25, 0.3) is 0 Å². The van der Waals surface area contributed by atoms with Crippen molar-refractivity contribution in [2.24, 2.45) is 5.92 Å². The summed E-state index contributed by atoms with van der Waals surface area (Å²) in [6, 6.07) is 13.9. The first-order chi connectivity index (χ1) is 16.1. The molecule has 2 fully saturated rings. The van der Waals surface area contributed by atoms with E-state index in [2.05, 4.69) is 21.1 Å². The van der Waals surface area contributed by atoms with E-state index in [-0.39, 0.29) is 22.8 Å². The van der Waals surface area contributed by atoms with Crippen LogP contribution in [0.15, 0.2) is 66.5 Å². The van der Waals surface area contributed by atoms with E-state index in [0.717, 1.165) is 36.2 Å². The molecule has 0 bridgehead atoms. The van der Waals surface area contributed by atoms with Crippen LogP contribution in [0.25, 0.3) is 6.08 Å². The quantitative estimate of drug-likeness (QED) is 0.523. The second kappa shape index (κ2) is 9.61. The topological polar surface area (TPSA) is 51.0 Å². The van der Waals surface area contributed by atoms with Gasteiger partial charge in [0.2, 0.25) is 0 Å².